The number of nitrogens with two attached hydrogens (primary N) is 1. The molecule has 0 saturated carbocycles. The summed E-state index contributed by atoms with van der Waals surface area (Å²) >= 11 is 1.26. The van der Waals surface area contributed by atoms with Gasteiger partial charge in [0.1, 0.15) is 16.0 Å². The molecule has 6 nitrogen and oxygen atoms in total. The average molecular weight is 266 g/mol. The zero-order valence-corrected chi connectivity index (χ0v) is 10.5. The first-order valence-electron chi connectivity index (χ1n) is 5.61. The number of aliphatic hydroxyl groups excluding tert-OH is 1. The van der Waals surface area contributed by atoms with E-state index in [4.69, 9.17) is 10.8 Å². The molecule has 4 N–H and O–H groups in total. The summed E-state index contributed by atoms with van der Waals surface area (Å²) in [5, 5.41) is 12.1. The minimum Gasteiger partial charge on any atom is -0.397 e. The Morgan fingerprint density at radius 1 is 1.50 bits per heavy atom. The summed E-state index contributed by atoms with van der Waals surface area (Å²) in [4.78, 5) is 21.0. The number of nitrogens with zero attached hydrogens (tertiary/aromatic N) is 2. The first-order valence-corrected chi connectivity index (χ1v) is 6.42. The van der Waals surface area contributed by atoms with Crippen molar-refractivity contribution >= 4 is 33.1 Å². The number of nitrogen functional groups attached to an aromatic ring is 1. The molecule has 2 rings (SSSR count). The number of rotatable bonds is 5. The molecule has 0 atom stereocenters. The summed E-state index contributed by atoms with van der Waals surface area (Å²) in [5.41, 5.74) is 6.33. The van der Waals surface area contributed by atoms with Crippen molar-refractivity contribution in [2.75, 3.05) is 18.9 Å². The first-order chi connectivity index (χ1) is 8.74. The molecule has 96 valence electrons. The summed E-state index contributed by atoms with van der Waals surface area (Å²) in [6.07, 6.45) is 4.46. The van der Waals surface area contributed by atoms with E-state index in [0.717, 1.165) is 6.42 Å². The van der Waals surface area contributed by atoms with Crippen molar-refractivity contribution < 1.29 is 9.90 Å². The minimum absolute atomic E-state index is 0.135. The highest BCUT2D eigenvalue weighted by Crippen LogP contribution is 2.31. The fraction of sp³-hybridized carbons (Fsp3) is 0.364. The van der Waals surface area contributed by atoms with Crippen molar-refractivity contribution in [1.29, 1.82) is 0 Å². The third-order valence-corrected chi connectivity index (χ3v) is 3.61. The number of carbonyl (C=O) groups excluding carboxylic acids is 1. The number of aliphatic hydroxyl groups is 1. The second kappa shape index (κ2) is 5.74. The van der Waals surface area contributed by atoms with Gasteiger partial charge >= 0.3 is 0 Å². The summed E-state index contributed by atoms with van der Waals surface area (Å²) < 4.78 is 0. The maximum absolute atomic E-state index is 11.9. The van der Waals surface area contributed by atoms with Crippen LogP contribution in [0.15, 0.2) is 12.5 Å². The van der Waals surface area contributed by atoms with E-state index in [1.54, 1.807) is 6.20 Å². The van der Waals surface area contributed by atoms with Crippen LogP contribution in [0.3, 0.4) is 0 Å². The van der Waals surface area contributed by atoms with Crippen molar-refractivity contribution in [3.63, 3.8) is 0 Å². The van der Waals surface area contributed by atoms with Gasteiger partial charge in [-0.3, -0.25) is 4.79 Å². The topological polar surface area (TPSA) is 101 Å². The molecule has 0 radical (unpaired) electrons. The third kappa shape index (κ3) is 2.57. The van der Waals surface area contributed by atoms with E-state index in [1.807, 2.05) is 0 Å². The van der Waals surface area contributed by atoms with Crippen LogP contribution in [0.4, 0.5) is 5.69 Å². The predicted octanol–water partition coefficient (Wildman–Crippen LogP) is 0.776. The van der Waals surface area contributed by atoms with Crippen LogP contribution >= 0.6 is 11.3 Å². The van der Waals surface area contributed by atoms with E-state index in [-0.39, 0.29) is 12.5 Å². The highest BCUT2D eigenvalue weighted by atomic mass is 32.1. The lowest BCUT2D eigenvalue weighted by Gasteiger charge is -2.03. The average Bonchev–Trinajstić information content (AvgIpc) is 2.73. The number of hydrogen-bond acceptors (Lipinski definition) is 6. The standard InChI is InChI=1S/C11H14N4O2S/c12-8-7-5-13-6-15-11(7)18-9(8)10(17)14-3-1-2-4-16/h5-6,16H,1-4,12H2,(H,14,17). The number of anilines is 1. The van der Waals surface area contributed by atoms with Gasteiger partial charge in [-0.1, -0.05) is 0 Å². The zero-order chi connectivity index (χ0) is 13.0. The van der Waals surface area contributed by atoms with Gasteiger partial charge in [0.15, 0.2) is 0 Å². The van der Waals surface area contributed by atoms with Gasteiger partial charge in [0.05, 0.1) is 11.1 Å². The maximum atomic E-state index is 11.9. The predicted molar refractivity (Wildman–Crippen MR) is 70.5 cm³/mol. The Bertz CT molecular complexity index is 555. The molecule has 0 bridgehead atoms. The number of unbranched alkanes of at least 4 members (excludes halogenated alkanes) is 1. The van der Waals surface area contributed by atoms with Crippen molar-refractivity contribution in [2.45, 2.75) is 12.8 Å². The molecule has 2 aromatic heterocycles. The molecule has 2 heterocycles. The molecule has 0 aromatic carbocycles. The lowest BCUT2D eigenvalue weighted by Crippen LogP contribution is -2.24. The maximum Gasteiger partial charge on any atom is 0.263 e. The van der Waals surface area contributed by atoms with Crippen LogP contribution in [-0.4, -0.2) is 34.1 Å². The summed E-state index contributed by atoms with van der Waals surface area (Å²) in [7, 11) is 0. The van der Waals surface area contributed by atoms with Crippen molar-refractivity contribution in [1.82, 2.24) is 15.3 Å². The summed E-state index contributed by atoms with van der Waals surface area (Å²) in [6, 6.07) is 0. The van der Waals surface area contributed by atoms with E-state index in [2.05, 4.69) is 15.3 Å². The Labute approximate surface area is 108 Å². The molecular formula is C11H14N4O2S. The van der Waals surface area contributed by atoms with Gasteiger partial charge in [-0.05, 0) is 12.8 Å². The molecule has 1 amide bonds. The summed E-state index contributed by atoms with van der Waals surface area (Å²) in [6.45, 7) is 0.662. The molecule has 0 aliphatic heterocycles. The lowest BCUT2D eigenvalue weighted by atomic mass is 10.3. The van der Waals surface area contributed by atoms with Crippen LogP contribution in [0.5, 0.6) is 0 Å². The normalized spacial score (nSPS) is 10.7. The second-order valence-electron chi connectivity index (χ2n) is 3.77. The number of hydrogen-bond donors (Lipinski definition) is 3. The highest BCUT2D eigenvalue weighted by Gasteiger charge is 2.16. The molecule has 2 aromatic rings. The molecule has 0 fully saturated rings. The molecule has 18 heavy (non-hydrogen) atoms. The number of fused-ring (bicyclic) bond motifs is 1. The van der Waals surface area contributed by atoms with Gasteiger partial charge in [-0.25, -0.2) is 9.97 Å². The van der Waals surface area contributed by atoms with E-state index >= 15 is 0 Å². The van der Waals surface area contributed by atoms with Gasteiger partial charge in [0, 0.05) is 19.3 Å². The third-order valence-electron chi connectivity index (χ3n) is 2.49. The van der Waals surface area contributed by atoms with Crippen molar-refractivity contribution in [2.24, 2.45) is 0 Å². The number of amides is 1. The molecule has 0 unspecified atom stereocenters. The smallest absolute Gasteiger partial charge is 0.263 e. The highest BCUT2D eigenvalue weighted by molar-refractivity contribution is 7.21. The Morgan fingerprint density at radius 2 is 2.33 bits per heavy atom. The molecule has 0 saturated heterocycles. The van der Waals surface area contributed by atoms with Crippen LogP contribution in [0.1, 0.15) is 22.5 Å². The van der Waals surface area contributed by atoms with Crippen LogP contribution in [0, 0.1) is 0 Å². The number of carbonyl (C=O) groups is 1. The molecular weight excluding hydrogens is 252 g/mol. The van der Waals surface area contributed by atoms with E-state index in [0.29, 0.717) is 33.7 Å². The van der Waals surface area contributed by atoms with Crippen LogP contribution in [0.2, 0.25) is 0 Å². The number of nitrogens with one attached hydrogen (secondary N) is 1. The zero-order valence-electron chi connectivity index (χ0n) is 9.72. The van der Waals surface area contributed by atoms with Crippen molar-refractivity contribution in [3.8, 4) is 0 Å². The van der Waals surface area contributed by atoms with E-state index in [1.165, 1.54) is 17.7 Å². The Balaban J connectivity index is 2.10. The molecule has 0 aliphatic rings. The van der Waals surface area contributed by atoms with Gasteiger partial charge < -0.3 is 16.2 Å². The van der Waals surface area contributed by atoms with Gasteiger partial charge in [0.2, 0.25) is 0 Å². The van der Waals surface area contributed by atoms with E-state index in [9.17, 15) is 4.79 Å². The van der Waals surface area contributed by atoms with Gasteiger partial charge in [0.25, 0.3) is 5.91 Å². The quantitative estimate of drug-likeness (QED) is 0.694. The first kappa shape index (κ1) is 12.7. The second-order valence-corrected chi connectivity index (χ2v) is 4.77. The SMILES string of the molecule is Nc1c(C(=O)NCCCCO)sc2ncncc12. The van der Waals surface area contributed by atoms with Crippen LogP contribution < -0.4 is 11.1 Å². The largest absolute Gasteiger partial charge is 0.397 e. The summed E-state index contributed by atoms with van der Waals surface area (Å²) in [5.74, 6) is -0.201. The molecule has 0 aliphatic carbocycles. The Hall–Kier alpha value is -1.73. The fourth-order valence-electron chi connectivity index (χ4n) is 1.55. The van der Waals surface area contributed by atoms with Crippen LogP contribution in [-0.2, 0) is 0 Å². The Morgan fingerprint density at radius 3 is 3.06 bits per heavy atom. The molecule has 0 spiro atoms. The van der Waals surface area contributed by atoms with Crippen molar-refractivity contribution in [3.05, 3.63) is 17.4 Å². The lowest BCUT2D eigenvalue weighted by molar-refractivity contribution is 0.0957. The number of thiophene rings is 1. The fourth-order valence-corrected chi connectivity index (χ4v) is 2.50. The monoisotopic (exact) mass is 266 g/mol. The van der Waals surface area contributed by atoms with Crippen LogP contribution in [0.25, 0.3) is 10.2 Å². The van der Waals surface area contributed by atoms with E-state index < -0.39 is 0 Å². The van der Waals surface area contributed by atoms with Gasteiger partial charge in [-0.15, -0.1) is 11.3 Å². The Kier molecular flexibility index (Phi) is 4.06. The number of aromatic nitrogens is 2. The van der Waals surface area contributed by atoms with Gasteiger partial charge in [-0.2, -0.15) is 0 Å². The molecule has 7 heteroatoms. The minimum atomic E-state index is -0.201.